The molecular weight excluding hydrogens is 180 g/mol. The second kappa shape index (κ2) is 9.24. The lowest BCUT2D eigenvalue weighted by Crippen LogP contribution is -2.15. The van der Waals surface area contributed by atoms with Crippen molar-refractivity contribution in [2.24, 2.45) is 17.8 Å². The molecule has 2 atom stereocenters. The van der Waals surface area contributed by atoms with Gasteiger partial charge in [0.15, 0.2) is 0 Å². The first-order valence-corrected chi connectivity index (χ1v) is 7.19. The topological polar surface area (TPSA) is 0 Å². The zero-order chi connectivity index (χ0) is 11.7. The monoisotopic (exact) mass is 212 g/mol. The smallest absolute Gasteiger partial charge is 0.0386 e. The molecule has 0 nitrogen and oxygen atoms in total. The molecule has 0 aromatic rings. The van der Waals surface area contributed by atoms with E-state index >= 15 is 0 Å². The van der Waals surface area contributed by atoms with Crippen LogP contribution in [0.15, 0.2) is 0 Å². The fourth-order valence-corrected chi connectivity index (χ4v) is 2.48. The van der Waals surface area contributed by atoms with Gasteiger partial charge in [0.05, 0.1) is 0 Å². The molecule has 0 N–H and O–H groups in total. The van der Waals surface area contributed by atoms with Gasteiger partial charge in [-0.2, -0.15) is 0 Å². The molecule has 0 saturated carbocycles. The van der Waals surface area contributed by atoms with Gasteiger partial charge < -0.3 is 0 Å². The lowest BCUT2D eigenvalue weighted by atomic mass is 9.79. The molecule has 0 amide bonds. The minimum Gasteiger partial charge on any atom is -0.0654 e. The van der Waals surface area contributed by atoms with Crippen LogP contribution in [0.5, 0.6) is 0 Å². The predicted molar refractivity (Wildman–Crippen MR) is 71.2 cm³/mol. The Morgan fingerprint density at radius 1 is 0.867 bits per heavy atom. The van der Waals surface area contributed by atoms with Crippen molar-refractivity contribution in [3.05, 3.63) is 0 Å². The first kappa shape index (κ1) is 15.0. The number of hydrogen-bond acceptors (Lipinski definition) is 0. The quantitative estimate of drug-likeness (QED) is 0.462. The number of unbranched alkanes of at least 4 members (excludes halogenated alkanes) is 1. The van der Waals surface area contributed by atoms with E-state index in [2.05, 4.69) is 34.6 Å². The summed E-state index contributed by atoms with van der Waals surface area (Å²) in [6.45, 7) is 11.8. The summed E-state index contributed by atoms with van der Waals surface area (Å²) in [5.41, 5.74) is 0. The molecule has 0 aliphatic carbocycles. The highest BCUT2D eigenvalue weighted by molar-refractivity contribution is 4.69. The first-order chi connectivity index (χ1) is 7.19. The van der Waals surface area contributed by atoms with Crippen LogP contribution in [0.4, 0.5) is 0 Å². The highest BCUT2D eigenvalue weighted by atomic mass is 14.2. The molecule has 0 spiro atoms. The average Bonchev–Trinajstić information content (AvgIpc) is 2.28. The lowest BCUT2D eigenvalue weighted by Gasteiger charge is -2.26. The van der Waals surface area contributed by atoms with Crippen molar-refractivity contribution in [3.63, 3.8) is 0 Å². The molecule has 0 radical (unpaired) electrons. The summed E-state index contributed by atoms with van der Waals surface area (Å²) in [7, 11) is 0. The van der Waals surface area contributed by atoms with Gasteiger partial charge in [-0.1, -0.05) is 73.1 Å². The van der Waals surface area contributed by atoms with E-state index in [1.54, 1.807) is 0 Å². The van der Waals surface area contributed by atoms with Crippen LogP contribution in [0.2, 0.25) is 0 Å². The van der Waals surface area contributed by atoms with Crippen LogP contribution < -0.4 is 0 Å². The van der Waals surface area contributed by atoms with Gasteiger partial charge in [0.2, 0.25) is 0 Å². The first-order valence-electron chi connectivity index (χ1n) is 7.19. The highest BCUT2D eigenvalue weighted by Gasteiger charge is 2.18. The molecule has 0 aromatic heterocycles. The minimum absolute atomic E-state index is 0.928. The molecule has 0 bridgehead atoms. The van der Waals surface area contributed by atoms with E-state index in [1.807, 2.05) is 0 Å². The van der Waals surface area contributed by atoms with Crippen LogP contribution in [-0.4, -0.2) is 0 Å². The molecule has 0 aliphatic heterocycles. The molecule has 92 valence electrons. The van der Waals surface area contributed by atoms with Gasteiger partial charge >= 0.3 is 0 Å². The van der Waals surface area contributed by atoms with Crippen molar-refractivity contribution in [1.82, 2.24) is 0 Å². The third-order valence-electron chi connectivity index (χ3n) is 4.17. The predicted octanol–water partition coefficient (Wildman–Crippen LogP) is 5.67. The molecule has 0 saturated heterocycles. The number of rotatable bonds is 9. The van der Waals surface area contributed by atoms with Crippen LogP contribution in [0.3, 0.4) is 0 Å². The van der Waals surface area contributed by atoms with Gasteiger partial charge in [0.25, 0.3) is 0 Å². The van der Waals surface area contributed by atoms with Gasteiger partial charge in [0.1, 0.15) is 0 Å². The Morgan fingerprint density at radius 3 is 1.87 bits per heavy atom. The SMILES string of the molecule is CCCCC(CC(CC)CC)C(C)CC. The lowest BCUT2D eigenvalue weighted by molar-refractivity contribution is 0.247. The van der Waals surface area contributed by atoms with Crippen LogP contribution in [-0.2, 0) is 0 Å². The Balaban J connectivity index is 4.09. The van der Waals surface area contributed by atoms with E-state index in [0.29, 0.717) is 0 Å². The Kier molecular flexibility index (Phi) is 9.24. The number of hydrogen-bond donors (Lipinski definition) is 0. The van der Waals surface area contributed by atoms with E-state index < -0.39 is 0 Å². The molecule has 15 heavy (non-hydrogen) atoms. The van der Waals surface area contributed by atoms with Gasteiger partial charge in [-0.25, -0.2) is 0 Å². The maximum absolute atomic E-state index is 2.45. The third-order valence-corrected chi connectivity index (χ3v) is 4.17. The van der Waals surface area contributed by atoms with Crippen LogP contribution in [0, 0.1) is 17.8 Å². The molecule has 0 fully saturated rings. The molecule has 2 unspecified atom stereocenters. The van der Waals surface area contributed by atoms with Crippen LogP contribution in [0.1, 0.15) is 79.6 Å². The maximum Gasteiger partial charge on any atom is -0.0386 e. The van der Waals surface area contributed by atoms with E-state index in [4.69, 9.17) is 0 Å². The van der Waals surface area contributed by atoms with Crippen LogP contribution in [0.25, 0.3) is 0 Å². The largest absolute Gasteiger partial charge is 0.0654 e. The van der Waals surface area contributed by atoms with E-state index in [0.717, 1.165) is 17.8 Å². The zero-order valence-electron chi connectivity index (χ0n) is 11.7. The summed E-state index contributed by atoms with van der Waals surface area (Å²) in [4.78, 5) is 0. The third kappa shape index (κ3) is 6.22. The Hall–Kier alpha value is 0. The summed E-state index contributed by atoms with van der Waals surface area (Å²) in [6.07, 6.45) is 9.81. The Labute approximate surface area is 97.8 Å². The van der Waals surface area contributed by atoms with Crippen molar-refractivity contribution in [3.8, 4) is 0 Å². The molecule has 0 heterocycles. The summed E-state index contributed by atoms with van der Waals surface area (Å²) < 4.78 is 0. The molecule has 0 aromatic carbocycles. The standard InChI is InChI=1S/C15H32/c1-6-10-11-15(13(5)7-2)12-14(8-3)9-4/h13-15H,6-12H2,1-5H3. The summed E-state index contributed by atoms with van der Waals surface area (Å²) in [6, 6.07) is 0. The van der Waals surface area contributed by atoms with E-state index in [-0.39, 0.29) is 0 Å². The van der Waals surface area contributed by atoms with Gasteiger partial charge in [-0.05, 0) is 24.2 Å². The zero-order valence-corrected chi connectivity index (χ0v) is 11.7. The Morgan fingerprint density at radius 2 is 1.47 bits per heavy atom. The van der Waals surface area contributed by atoms with E-state index in [1.165, 1.54) is 44.9 Å². The second-order valence-corrected chi connectivity index (χ2v) is 5.21. The summed E-state index contributed by atoms with van der Waals surface area (Å²) in [5.74, 6) is 2.89. The summed E-state index contributed by atoms with van der Waals surface area (Å²) >= 11 is 0. The maximum atomic E-state index is 2.45. The summed E-state index contributed by atoms with van der Waals surface area (Å²) in [5, 5.41) is 0. The van der Waals surface area contributed by atoms with Crippen LogP contribution >= 0.6 is 0 Å². The molecule has 0 heteroatoms. The van der Waals surface area contributed by atoms with Crippen molar-refractivity contribution in [2.45, 2.75) is 79.6 Å². The molecule has 0 aliphatic rings. The fraction of sp³-hybridized carbons (Fsp3) is 1.00. The fourth-order valence-electron chi connectivity index (χ4n) is 2.48. The minimum atomic E-state index is 0.928. The highest BCUT2D eigenvalue weighted by Crippen LogP contribution is 2.30. The van der Waals surface area contributed by atoms with Crippen molar-refractivity contribution < 1.29 is 0 Å². The van der Waals surface area contributed by atoms with Gasteiger partial charge in [0, 0.05) is 0 Å². The van der Waals surface area contributed by atoms with Crippen molar-refractivity contribution in [1.29, 1.82) is 0 Å². The second-order valence-electron chi connectivity index (χ2n) is 5.21. The average molecular weight is 212 g/mol. The molecule has 0 rings (SSSR count). The van der Waals surface area contributed by atoms with Gasteiger partial charge in [-0.3, -0.25) is 0 Å². The molecular formula is C15H32. The normalized spacial score (nSPS) is 15.6. The van der Waals surface area contributed by atoms with Gasteiger partial charge in [-0.15, -0.1) is 0 Å². The van der Waals surface area contributed by atoms with E-state index in [9.17, 15) is 0 Å². The van der Waals surface area contributed by atoms with Crippen molar-refractivity contribution >= 4 is 0 Å². The van der Waals surface area contributed by atoms with Crippen molar-refractivity contribution in [2.75, 3.05) is 0 Å². The Bertz CT molecular complexity index is 124.